The van der Waals surface area contributed by atoms with Crippen LogP contribution in [0.1, 0.15) is 36.4 Å². The zero-order valence-corrected chi connectivity index (χ0v) is 13.7. The molecule has 1 atom stereocenters. The molecule has 0 amide bonds. The van der Waals surface area contributed by atoms with Crippen molar-refractivity contribution in [3.05, 3.63) is 71.7 Å². The smallest absolute Gasteiger partial charge is 0.161 e. The SMILES string of the molecule is O=C1CCCC2=C1C(c1cccnc1)Nc1ccc3ncccc3c12. The molecular formula is C21H17N3O. The summed E-state index contributed by atoms with van der Waals surface area (Å²) in [6.07, 6.45) is 7.88. The van der Waals surface area contributed by atoms with Crippen molar-refractivity contribution in [2.45, 2.75) is 25.3 Å². The molecule has 4 heteroatoms. The van der Waals surface area contributed by atoms with E-state index in [1.54, 1.807) is 6.20 Å². The number of benzene rings is 1. The summed E-state index contributed by atoms with van der Waals surface area (Å²) in [7, 11) is 0. The van der Waals surface area contributed by atoms with Gasteiger partial charge in [0.2, 0.25) is 0 Å². The molecule has 2 aliphatic rings. The summed E-state index contributed by atoms with van der Waals surface area (Å²) in [4.78, 5) is 21.5. The molecule has 0 spiro atoms. The first-order chi connectivity index (χ1) is 12.3. The topological polar surface area (TPSA) is 54.9 Å². The molecule has 5 rings (SSSR count). The number of carbonyl (C=O) groups is 1. The van der Waals surface area contributed by atoms with Crippen molar-refractivity contribution >= 4 is 27.9 Å². The van der Waals surface area contributed by atoms with E-state index in [0.29, 0.717) is 6.42 Å². The van der Waals surface area contributed by atoms with Crippen LogP contribution in [0.3, 0.4) is 0 Å². The molecule has 1 aliphatic carbocycles. The third-order valence-corrected chi connectivity index (χ3v) is 5.15. The highest BCUT2D eigenvalue weighted by atomic mass is 16.1. The molecule has 0 saturated heterocycles. The van der Waals surface area contributed by atoms with Gasteiger partial charge < -0.3 is 5.32 Å². The first-order valence-corrected chi connectivity index (χ1v) is 8.64. The highest BCUT2D eigenvalue weighted by Crippen LogP contribution is 2.47. The van der Waals surface area contributed by atoms with Crippen LogP contribution < -0.4 is 5.32 Å². The van der Waals surface area contributed by atoms with E-state index in [1.165, 1.54) is 5.57 Å². The van der Waals surface area contributed by atoms with Gasteiger partial charge in [0, 0.05) is 47.2 Å². The maximum atomic E-state index is 12.8. The average Bonchev–Trinajstić information content (AvgIpc) is 2.68. The minimum atomic E-state index is -0.127. The molecule has 0 fully saturated rings. The van der Waals surface area contributed by atoms with E-state index in [1.807, 2.05) is 36.7 Å². The van der Waals surface area contributed by atoms with Gasteiger partial charge >= 0.3 is 0 Å². The molecule has 2 aromatic heterocycles. The second-order valence-electron chi connectivity index (χ2n) is 6.59. The van der Waals surface area contributed by atoms with Crippen molar-refractivity contribution in [2.75, 3.05) is 5.32 Å². The molecule has 1 N–H and O–H groups in total. The second kappa shape index (κ2) is 5.52. The van der Waals surface area contributed by atoms with Crippen molar-refractivity contribution in [2.24, 2.45) is 0 Å². The largest absolute Gasteiger partial charge is 0.373 e. The van der Waals surface area contributed by atoms with Crippen molar-refractivity contribution in [1.29, 1.82) is 0 Å². The Morgan fingerprint density at radius 2 is 1.96 bits per heavy atom. The fraction of sp³-hybridized carbons (Fsp3) is 0.190. The van der Waals surface area contributed by atoms with Crippen LogP contribution in [0.4, 0.5) is 5.69 Å². The van der Waals surface area contributed by atoms with E-state index >= 15 is 0 Å². The minimum absolute atomic E-state index is 0.127. The van der Waals surface area contributed by atoms with E-state index in [2.05, 4.69) is 27.4 Å². The van der Waals surface area contributed by atoms with E-state index in [-0.39, 0.29) is 11.8 Å². The predicted octanol–water partition coefficient (Wildman–Crippen LogP) is 4.30. The van der Waals surface area contributed by atoms with Gasteiger partial charge in [-0.1, -0.05) is 12.1 Å². The number of aromatic nitrogens is 2. The Bertz CT molecular complexity index is 1020. The molecule has 0 bridgehead atoms. The number of nitrogens with zero attached hydrogens (tertiary/aromatic N) is 2. The average molecular weight is 327 g/mol. The second-order valence-corrected chi connectivity index (χ2v) is 6.59. The van der Waals surface area contributed by atoms with E-state index in [4.69, 9.17) is 0 Å². The summed E-state index contributed by atoms with van der Waals surface area (Å²) in [6, 6.07) is 12.0. The van der Waals surface area contributed by atoms with Crippen molar-refractivity contribution < 1.29 is 4.79 Å². The summed E-state index contributed by atoms with van der Waals surface area (Å²) >= 11 is 0. The Hall–Kier alpha value is -3.01. The number of hydrogen-bond donors (Lipinski definition) is 1. The van der Waals surface area contributed by atoms with Crippen LogP contribution in [-0.4, -0.2) is 15.8 Å². The normalized spacial score (nSPS) is 19.4. The van der Waals surface area contributed by atoms with Crippen LogP contribution in [0.5, 0.6) is 0 Å². The van der Waals surface area contributed by atoms with Gasteiger partial charge in [0.15, 0.2) is 5.78 Å². The third kappa shape index (κ3) is 2.18. The van der Waals surface area contributed by atoms with Crippen LogP contribution in [-0.2, 0) is 4.79 Å². The monoisotopic (exact) mass is 327 g/mol. The van der Waals surface area contributed by atoms with Crippen LogP contribution in [0.15, 0.2) is 60.6 Å². The van der Waals surface area contributed by atoms with Crippen LogP contribution >= 0.6 is 0 Å². The van der Waals surface area contributed by atoms with Gasteiger partial charge in [-0.15, -0.1) is 0 Å². The molecule has 3 aromatic rings. The highest BCUT2D eigenvalue weighted by Gasteiger charge is 2.34. The van der Waals surface area contributed by atoms with Crippen LogP contribution in [0, 0.1) is 0 Å². The van der Waals surface area contributed by atoms with Crippen molar-refractivity contribution in [3.8, 4) is 0 Å². The fourth-order valence-corrected chi connectivity index (χ4v) is 4.08. The van der Waals surface area contributed by atoms with Crippen LogP contribution in [0.25, 0.3) is 16.5 Å². The first-order valence-electron chi connectivity index (χ1n) is 8.64. The Labute approximate surface area is 145 Å². The van der Waals surface area contributed by atoms with Crippen LogP contribution in [0.2, 0.25) is 0 Å². The lowest BCUT2D eigenvalue weighted by Gasteiger charge is -2.34. The Morgan fingerprint density at radius 3 is 2.84 bits per heavy atom. The zero-order chi connectivity index (χ0) is 16.8. The lowest BCUT2D eigenvalue weighted by atomic mass is 9.77. The molecule has 1 aliphatic heterocycles. The molecule has 3 heterocycles. The van der Waals surface area contributed by atoms with Gasteiger partial charge in [0.1, 0.15) is 0 Å². The Kier molecular flexibility index (Phi) is 3.17. The summed E-state index contributed by atoms with van der Waals surface area (Å²) in [6.45, 7) is 0. The third-order valence-electron chi connectivity index (χ3n) is 5.15. The zero-order valence-electron chi connectivity index (χ0n) is 13.7. The first kappa shape index (κ1) is 14.3. The summed E-state index contributed by atoms with van der Waals surface area (Å²) in [5.74, 6) is 0.245. The number of hydrogen-bond acceptors (Lipinski definition) is 4. The number of ketones is 1. The lowest BCUT2D eigenvalue weighted by molar-refractivity contribution is -0.116. The van der Waals surface area contributed by atoms with Gasteiger partial charge in [0.05, 0.1) is 11.6 Å². The molecule has 4 nitrogen and oxygen atoms in total. The van der Waals surface area contributed by atoms with Gasteiger partial charge in [-0.3, -0.25) is 14.8 Å². The molecular weight excluding hydrogens is 310 g/mol. The predicted molar refractivity (Wildman–Crippen MR) is 98.1 cm³/mol. The number of carbonyl (C=O) groups excluding carboxylic acids is 1. The highest BCUT2D eigenvalue weighted by molar-refractivity contribution is 6.12. The molecule has 0 saturated carbocycles. The number of allylic oxidation sites excluding steroid dienone is 1. The molecule has 1 aromatic carbocycles. The molecule has 25 heavy (non-hydrogen) atoms. The fourth-order valence-electron chi connectivity index (χ4n) is 4.08. The van der Waals surface area contributed by atoms with E-state index < -0.39 is 0 Å². The van der Waals surface area contributed by atoms with Gasteiger partial charge in [0.25, 0.3) is 0 Å². The maximum Gasteiger partial charge on any atom is 0.161 e. The lowest BCUT2D eigenvalue weighted by Crippen LogP contribution is -2.27. The number of fused-ring (bicyclic) bond motifs is 4. The minimum Gasteiger partial charge on any atom is -0.373 e. The number of pyridine rings is 2. The number of nitrogens with one attached hydrogen (secondary N) is 1. The number of anilines is 1. The van der Waals surface area contributed by atoms with Crippen molar-refractivity contribution in [3.63, 3.8) is 0 Å². The maximum absolute atomic E-state index is 12.8. The molecule has 1 unspecified atom stereocenters. The van der Waals surface area contributed by atoms with E-state index in [0.717, 1.165) is 46.1 Å². The van der Waals surface area contributed by atoms with Crippen molar-refractivity contribution in [1.82, 2.24) is 9.97 Å². The number of Topliss-reactive ketones (excluding diaryl/α,β-unsaturated/α-hetero) is 1. The molecule has 0 radical (unpaired) electrons. The Balaban J connectivity index is 1.81. The molecule has 122 valence electrons. The van der Waals surface area contributed by atoms with E-state index in [9.17, 15) is 4.79 Å². The summed E-state index contributed by atoms with van der Waals surface area (Å²) in [5.41, 5.74) is 6.30. The standard InChI is InChI=1S/C21H17N3O/c25-18-7-1-5-15-19-14-6-3-11-23-16(14)8-9-17(19)24-21(20(15)18)13-4-2-10-22-12-13/h2-4,6,8-12,21,24H,1,5,7H2. The van der Waals surface area contributed by atoms with Gasteiger partial charge in [-0.05, 0) is 48.2 Å². The quantitative estimate of drug-likeness (QED) is 0.724. The number of rotatable bonds is 1. The Morgan fingerprint density at radius 1 is 1.04 bits per heavy atom. The summed E-state index contributed by atoms with van der Waals surface area (Å²) in [5, 5.41) is 4.70. The summed E-state index contributed by atoms with van der Waals surface area (Å²) < 4.78 is 0. The van der Waals surface area contributed by atoms with Gasteiger partial charge in [-0.25, -0.2) is 0 Å². The van der Waals surface area contributed by atoms with Gasteiger partial charge in [-0.2, -0.15) is 0 Å².